The van der Waals surface area contributed by atoms with Gasteiger partial charge in [-0.05, 0) is 47.1 Å². The van der Waals surface area contributed by atoms with Crippen molar-refractivity contribution < 1.29 is 8.42 Å². The van der Waals surface area contributed by atoms with Crippen LogP contribution in [0.25, 0.3) is 0 Å². The van der Waals surface area contributed by atoms with E-state index in [1.807, 2.05) is 19.1 Å². The Morgan fingerprint density at radius 3 is 2.31 bits per heavy atom. The minimum absolute atomic E-state index is 0.329. The lowest BCUT2D eigenvalue weighted by atomic mass is 10.2. The smallest absolute Gasteiger partial charge is 0.240 e. The van der Waals surface area contributed by atoms with Crippen molar-refractivity contribution in [2.24, 2.45) is 0 Å². The van der Waals surface area contributed by atoms with Crippen molar-refractivity contribution in [1.29, 1.82) is 0 Å². The van der Waals surface area contributed by atoms with Crippen molar-refractivity contribution in [3.63, 3.8) is 0 Å². The lowest BCUT2D eigenvalue weighted by Gasteiger charge is -2.34. The van der Waals surface area contributed by atoms with Gasteiger partial charge in [0.05, 0.1) is 8.68 Å². The third-order valence-electron chi connectivity index (χ3n) is 4.52. The maximum absolute atomic E-state index is 12.3. The second-order valence-electron chi connectivity index (χ2n) is 6.53. The average molecular weight is 458 g/mol. The van der Waals surface area contributed by atoms with Crippen LogP contribution in [0.15, 0.2) is 45.1 Å². The van der Waals surface area contributed by atoms with Crippen LogP contribution in [-0.4, -0.2) is 57.5 Å². The van der Waals surface area contributed by atoms with Crippen LogP contribution in [0, 0.1) is 6.92 Å². The molecule has 1 aliphatic heterocycles. The van der Waals surface area contributed by atoms with Crippen molar-refractivity contribution in [2.75, 3.05) is 39.3 Å². The van der Waals surface area contributed by atoms with Crippen LogP contribution in [0.4, 0.5) is 0 Å². The molecule has 2 heterocycles. The minimum Gasteiger partial charge on any atom is -0.299 e. The highest BCUT2D eigenvalue weighted by Crippen LogP contribution is 2.23. The van der Waals surface area contributed by atoms with E-state index < -0.39 is 10.0 Å². The molecule has 1 fully saturated rings. The van der Waals surface area contributed by atoms with E-state index in [0.29, 0.717) is 11.4 Å². The summed E-state index contributed by atoms with van der Waals surface area (Å²) in [4.78, 5) is 6.47. The first kappa shape index (κ1) is 20.0. The predicted octanol–water partition coefficient (Wildman–Crippen LogP) is 2.92. The summed E-state index contributed by atoms with van der Waals surface area (Å²) < 4.78 is 28.5. The van der Waals surface area contributed by atoms with E-state index in [4.69, 9.17) is 0 Å². The molecule has 1 aliphatic rings. The zero-order valence-electron chi connectivity index (χ0n) is 14.8. The molecule has 0 amide bonds. The maximum Gasteiger partial charge on any atom is 0.240 e. The quantitative estimate of drug-likeness (QED) is 0.694. The van der Waals surface area contributed by atoms with Crippen molar-refractivity contribution in [3.8, 4) is 0 Å². The summed E-state index contributed by atoms with van der Waals surface area (Å²) in [6, 6.07) is 11.2. The number of sulfonamides is 1. The maximum atomic E-state index is 12.3. The number of piperazine rings is 1. The Kier molecular flexibility index (Phi) is 6.87. The fraction of sp³-hybridized carbons (Fsp3) is 0.444. The van der Waals surface area contributed by atoms with Gasteiger partial charge in [-0.1, -0.05) is 17.7 Å². The third kappa shape index (κ3) is 5.61. The molecule has 5 nitrogen and oxygen atoms in total. The van der Waals surface area contributed by atoms with Gasteiger partial charge in [-0.2, -0.15) is 0 Å². The molecule has 0 radical (unpaired) electrons. The molecule has 3 rings (SSSR count). The lowest BCUT2D eigenvalue weighted by molar-refractivity contribution is 0.130. The fourth-order valence-electron chi connectivity index (χ4n) is 2.97. The number of nitrogens with zero attached hydrogens (tertiary/aromatic N) is 2. The molecule has 1 aromatic carbocycles. The number of hydrogen-bond acceptors (Lipinski definition) is 5. The summed E-state index contributed by atoms with van der Waals surface area (Å²) in [5.74, 6) is 0. The van der Waals surface area contributed by atoms with Crippen molar-refractivity contribution in [2.45, 2.75) is 18.4 Å². The van der Waals surface area contributed by atoms with E-state index in [2.05, 4.69) is 42.6 Å². The van der Waals surface area contributed by atoms with E-state index in [1.165, 1.54) is 8.66 Å². The van der Waals surface area contributed by atoms with Gasteiger partial charge in [0.2, 0.25) is 10.0 Å². The molecular formula is C18H24BrN3O2S2. The highest BCUT2D eigenvalue weighted by atomic mass is 79.9. The van der Waals surface area contributed by atoms with Gasteiger partial charge in [-0.25, -0.2) is 13.1 Å². The lowest BCUT2D eigenvalue weighted by Crippen LogP contribution is -2.47. The molecule has 0 spiro atoms. The number of rotatable bonds is 7. The Labute approximate surface area is 168 Å². The van der Waals surface area contributed by atoms with Crippen molar-refractivity contribution in [3.05, 3.63) is 50.6 Å². The van der Waals surface area contributed by atoms with Crippen LogP contribution in [0.5, 0.6) is 0 Å². The number of hydrogen-bond donors (Lipinski definition) is 1. The Morgan fingerprint density at radius 2 is 1.69 bits per heavy atom. The number of nitrogens with one attached hydrogen (secondary N) is 1. The summed E-state index contributed by atoms with van der Waals surface area (Å²) in [6.45, 7) is 8.08. The SMILES string of the molecule is Cc1ccc(S(=O)(=O)NCCN2CCN(Cc3ccc(Br)s3)CC2)cc1. The van der Waals surface area contributed by atoms with E-state index in [0.717, 1.165) is 44.8 Å². The Hall–Kier alpha value is -0.770. The number of halogens is 1. The van der Waals surface area contributed by atoms with Crippen LogP contribution in [0.1, 0.15) is 10.4 Å². The predicted molar refractivity (Wildman–Crippen MR) is 110 cm³/mol. The van der Waals surface area contributed by atoms with E-state index in [-0.39, 0.29) is 0 Å². The molecule has 26 heavy (non-hydrogen) atoms. The normalized spacial score (nSPS) is 16.8. The Balaban J connectivity index is 1.40. The Morgan fingerprint density at radius 1 is 1.04 bits per heavy atom. The van der Waals surface area contributed by atoms with Crippen LogP contribution in [0.2, 0.25) is 0 Å². The molecule has 0 bridgehead atoms. The third-order valence-corrected chi connectivity index (χ3v) is 7.61. The van der Waals surface area contributed by atoms with Gasteiger partial charge < -0.3 is 0 Å². The number of thiophene rings is 1. The molecule has 2 aromatic rings. The summed E-state index contributed by atoms with van der Waals surface area (Å²) in [5, 5.41) is 0. The minimum atomic E-state index is -3.42. The average Bonchev–Trinajstić information content (AvgIpc) is 3.01. The van der Waals surface area contributed by atoms with Gasteiger partial charge in [0.25, 0.3) is 0 Å². The topological polar surface area (TPSA) is 52.7 Å². The van der Waals surface area contributed by atoms with Crippen LogP contribution < -0.4 is 4.72 Å². The molecule has 0 atom stereocenters. The number of aryl methyl sites for hydroxylation is 1. The molecule has 0 aliphatic carbocycles. The van der Waals surface area contributed by atoms with E-state index >= 15 is 0 Å². The first-order valence-electron chi connectivity index (χ1n) is 8.68. The highest BCUT2D eigenvalue weighted by molar-refractivity contribution is 9.11. The molecule has 0 saturated carbocycles. The molecule has 142 valence electrons. The first-order valence-corrected chi connectivity index (χ1v) is 11.8. The van der Waals surface area contributed by atoms with Gasteiger partial charge >= 0.3 is 0 Å². The fourth-order valence-corrected chi connectivity index (χ4v) is 5.51. The molecule has 1 saturated heterocycles. The van der Waals surface area contributed by atoms with Gasteiger partial charge in [0, 0.05) is 50.7 Å². The van der Waals surface area contributed by atoms with Gasteiger partial charge in [0.15, 0.2) is 0 Å². The number of benzene rings is 1. The van der Waals surface area contributed by atoms with E-state index in [9.17, 15) is 8.42 Å². The zero-order valence-corrected chi connectivity index (χ0v) is 18.0. The first-order chi connectivity index (χ1) is 12.4. The van der Waals surface area contributed by atoms with Gasteiger partial charge in [0.1, 0.15) is 0 Å². The second-order valence-corrected chi connectivity index (χ2v) is 10.8. The molecule has 0 unspecified atom stereocenters. The summed E-state index contributed by atoms with van der Waals surface area (Å²) in [5.41, 5.74) is 1.05. The zero-order chi connectivity index (χ0) is 18.6. The highest BCUT2D eigenvalue weighted by Gasteiger charge is 2.18. The van der Waals surface area contributed by atoms with Crippen LogP contribution in [-0.2, 0) is 16.6 Å². The van der Waals surface area contributed by atoms with Crippen molar-refractivity contribution >= 4 is 37.3 Å². The molecule has 1 aromatic heterocycles. The van der Waals surface area contributed by atoms with E-state index in [1.54, 1.807) is 23.5 Å². The van der Waals surface area contributed by atoms with Gasteiger partial charge in [-0.3, -0.25) is 9.80 Å². The summed E-state index contributed by atoms with van der Waals surface area (Å²) in [7, 11) is -3.42. The molecule has 8 heteroatoms. The van der Waals surface area contributed by atoms with Crippen LogP contribution >= 0.6 is 27.3 Å². The largest absolute Gasteiger partial charge is 0.299 e. The standard InChI is InChI=1S/C18H24BrN3O2S2/c1-15-2-5-17(6-3-15)26(23,24)20-8-9-21-10-12-22(13-11-21)14-16-4-7-18(19)25-16/h2-7,20H,8-14H2,1H3. The monoisotopic (exact) mass is 457 g/mol. The second kappa shape index (κ2) is 8.95. The Bertz CT molecular complexity index is 813. The summed E-state index contributed by atoms with van der Waals surface area (Å²) in [6.07, 6.45) is 0. The van der Waals surface area contributed by atoms with Gasteiger partial charge in [-0.15, -0.1) is 11.3 Å². The molecular weight excluding hydrogens is 434 g/mol. The van der Waals surface area contributed by atoms with Crippen LogP contribution in [0.3, 0.4) is 0 Å². The summed E-state index contributed by atoms with van der Waals surface area (Å²) >= 11 is 5.29. The molecule has 1 N–H and O–H groups in total. The van der Waals surface area contributed by atoms with Crippen molar-refractivity contribution in [1.82, 2.24) is 14.5 Å².